The number of esters is 1. The molecule has 1 aromatic rings. The average Bonchev–Trinajstić information content (AvgIpc) is 2.62. The SMILES string of the molecule is CCCn1c(SCCC(=O)OC)n[nH]c1=O. The minimum Gasteiger partial charge on any atom is -0.469 e. The Balaban J connectivity index is 2.53. The van der Waals surface area contributed by atoms with Crippen molar-refractivity contribution in [2.24, 2.45) is 0 Å². The maximum atomic E-state index is 11.3. The summed E-state index contributed by atoms with van der Waals surface area (Å²) in [4.78, 5) is 22.2. The monoisotopic (exact) mass is 245 g/mol. The van der Waals surface area contributed by atoms with Gasteiger partial charge in [0.05, 0.1) is 13.5 Å². The van der Waals surface area contributed by atoms with Gasteiger partial charge in [0.1, 0.15) is 0 Å². The van der Waals surface area contributed by atoms with Gasteiger partial charge >= 0.3 is 11.7 Å². The summed E-state index contributed by atoms with van der Waals surface area (Å²) in [7, 11) is 1.36. The van der Waals surface area contributed by atoms with Gasteiger partial charge in [-0.15, -0.1) is 5.10 Å². The zero-order valence-corrected chi connectivity index (χ0v) is 10.2. The summed E-state index contributed by atoms with van der Waals surface area (Å²) in [5.41, 5.74) is -0.206. The van der Waals surface area contributed by atoms with Crippen LogP contribution in [0.3, 0.4) is 0 Å². The number of nitrogens with zero attached hydrogens (tertiary/aromatic N) is 2. The van der Waals surface area contributed by atoms with E-state index < -0.39 is 0 Å². The molecule has 1 aromatic heterocycles. The molecule has 6 nitrogen and oxygen atoms in total. The Morgan fingerprint density at radius 2 is 2.38 bits per heavy atom. The molecule has 0 amide bonds. The Morgan fingerprint density at radius 3 is 3.00 bits per heavy atom. The van der Waals surface area contributed by atoms with Crippen molar-refractivity contribution in [1.29, 1.82) is 0 Å². The molecule has 0 aromatic carbocycles. The number of nitrogens with one attached hydrogen (secondary N) is 1. The lowest BCUT2D eigenvalue weighted by Gasteiger charge is -2.02. The van der Waals surface area contributed by atoms with Crippen LogP contribution < -0.4 is 5.69 Å². The molecule has 7 heteroatoms. The molecule has 1 N–H and O–H groups in total. The van der Waals surface area contributed by atoms with Gasteiger partial charge in [0.15, 0.2) is 5.16 Å². The van der Waals surface area contributed by atoms with E-state index in [-0.39, 0.29) is 11.7 Å². The highest BCUT2D eigenvalue weighted by Gasteiger charge is 2.08. The highest BCUT2D eigenvalue weighted by atomic mass is 32.2. The van der Waals surface area contributed by atoms with Gasteiger partial charge in [-0.25, -0.2) is 9.89 Å². The number of thioether (sulfide) groups is 1. The fraction of sp³-hybridized carbons (Fsp3) is 0.667. The molecule has 0 saturated heterocycles. The summed E-state index contributed by atoms with van der Waals surface area (Å²) in [5, 5.41) is 6.91. The van der Waals surface area contributed by atoms with Gasteiger partial charge in [-0.05, 0) is 6.42 Å². The summed E-state index contributed by atoms with van der Waals surface area (Å²) >= 11 is 1.37. The molecule has 0 aliphatic heterocycles. The van der Waals surface area contributed by atoms with E-state index in [4.69, 9.17) is 0 Å². The third-order valence-corrected chi connectivity index (χ3v) is 2.91. The Morgan fingerprint density at radius 1 is 1.62 bits per heavy atom. The van der Waals surface area contributed by atoms with E-state index in [2.05, 4.69) is 14.9 Å². The molecule has 1 heterocycles. The highest BCUT2D eigenvalue weighted by Crippen LogP contribution is 2.14. The largest absolute Gasteiger partial charge is 0.469 e. The van der Waals surface area contributed by atoms with E-state index in [1.54, 1.807) is 4.57 Å². The molecule has 0 atom stereocenters. The van der Waals surface area contributed by atoms with Gasteiger partial charge in [0.25, 0.3) is 0 Å². The van der Waals surface area contributed by atoms with Crippen molar-refractivity contribution in [3.8, 4) is 0 Å². The number of carbonyl (C=O) groups excluding carboxylic acids is 1. The van der Waals surface area contributed by atoms with Crippen LogP contribution >= 0.6 is 11.8 Å². The number of H-pyrrole nitrogens is 1. The second-order valence-electron chi connectivity index (χ2n) is 3.14. The van der Waals surface area contributed by atoms with E-state index in [1.165, 1.54) is 18.9 Å². The molecule has 1 rings (SSSR count). The fourth-order valence-electron chi connectivity index (χ4n) is 1.16. The van der Waals surface area contributed by atoms with Crippen LogP contribution in [-0.4, -0.2) is 33.6 Å². The van der Waals surface area contributed by atoms with Crippen LogP contribution in [0.15, 0.2) is 9.95 Å². The van der Waals surface area contributed by atoms with Gasteiger partial charge < -0.3 is 4.74 Å². The molecule has 0 aliphatic rings. The van der Waals surface area contributed by atoms with Crippen LogP contribution in [0.4, 0.5) is 0 Å². The smallest absolute Gasteiger partial charge is 0.343 e. The van der Waals surface area contributed by atoms with Crippen molar-refractivity contribution in [2.45, 2.75) is 31.5 Å². The zero-order chi connectivity index (χ0) is 12.0. The number of carbonyl (C=O) groups is 1. The molecule has 0 bridgehead atoms. The standard InChI is InChI=1S/C9H15N3O3S/c1-3-5-12-8(14)10-11-9(12)16-6-4-7(13)15-2/h3-6H2,1-2H3,(H,10,14). The first-order chi connectivity index (χ1) is 7.69. The number of hydrogen-bond acceptors (Lipinski definition) is 5. The van der Waals surface area contributed by atoms with Crippen LogP contribution in [0.2, 0.25) is 0 Å². The number of ether oxygens (including phenoxy) is 1. The van der Waals surface area contributed by atoms with Crippen LogP contribution in [0, 0.1) is 0 Å². The molecule has 0 spiro atoms. The van der Waals surface area contributed by atoms with Gasteiger partial charge in [-0.1, -0.05) is 18.7 Å². The van der Waals surface area contributed by atoms with Crippen molar-refractivity contribution in [3.05, 3.63) is 10.5 Å². The zero-order valence-electron chi connectivity index (χ0n) is 9.36. The Bertz CT molecular complexity index is 399. The van der Waals surface area contributed by atoms with E-state index in [1.807, 2.05) is 6.92 Å². The first-order valence-electron chi connectivity index (χ1n) is 5.03. The third kappa shape index (κ3) is 3.41. The van der Waals surface area contributed by atoms with E-state index in [9.17, 15) is 9.59 Å². The van der Waals surface area contributed by atoms with Crippen LogP contribution in [0.25, 0.3) is 0 Å². The Kier molecular flexibility index (Phi) is 5.10. The van der Waals surface area contributed by atoms with Crippen LogP contribution in [0.1, 0.15) is 19.8 Å². The first kappa shape index (κ1) is 12.8. The van der Waals surface area contributed by atoms with E-state index in [0.29, 0.717) is 23.9 Å². The molecule has 0 saturated carbocycles. The quantitative estimate of drug-likeness (QED) is 0.587. The first-order valence-corrected chi connectivity index (χ1v) is 6.02. The van der Waals surface area contributed by atoms with Crippen LogP contribution in [0.5, 0.6) is 0 Å². The average molecular weight is 245 g/mol. The third-order valence-electron chi connectivity index (χ3n) is 1.94. The molecule has 16 heavy (non-hydrogen) atoms. The van der Waals surface area contributed by atoms with E-state index >= 15 is 0 Å². The predicted molar refractivity (Wildman–Crippen MR) is 60.5 cm³/mol. The second kappa shape index (κ2) is 6.37. The van der Waals surface area contributed by atoms with Crippen molar-refractivity contribution in [2.75, 3.05) is 12.9 Å². The highest BCUT2D eigenvalue weighted by molar-refractivity contribution is 7.99. The minimum atomic E-state index is -0.257. The summed E-state index contributed by atoms with van der Waals surface area (Å²) in [6.07, 6.45) is 1.18. The lowest BCUT2D eigenvalue weighted by atomic mass is 10.5. The van der Waals surface area contributed by atoms with Crippen molar-refractivity contribution >= 4 is 17.7 Å². The van der Waals surface area contributed by atoms with Gasteiger partial charge in [0, 0.05) is 12.3 Å². The lowest BCUT2D eigenvalue weighted by Crippen LogP contribution is -2.17. The minimum absolute atomic E-state index is 0.206. The number of rotatable bonds is 6. The maximum Gasteiger partial charge on any atom is 0.343 e. The van der Waals surface area contributed by atoms with Crippen molar-refractivity contribution in [1.82, 2.24) is 14.8 Å². The molecule has 0 radical (unpaired) electrons. The summed E-state index contributed by atoms with van der Waals surface area (Å²) in [6.45, 7) is 2.62. The summed E-state index contributed by atoms with van der Waals surface area (Å²) < 4.78 is 6.09. The van der Waals surface area contributed by atoms with Gasteiger partial charge in [0.2, 0.25) is 0 Å². The normalized spacial score (nSPS) is 10.4. The van der Waals surface area contributed by atoms with Crippen LogP contribution in [-0.2, 0) is 16.1 Å². The molecule has 0 fully saturated rings. The predicted octanol–water partition coefficient (Wildman–Crippen LogP) is 0.637. The second-order valence-corrected chi connectivity index (χ2v) is 4.20. The van der Waals surface area contributed by atoms with Gasteiger partial charge in [-0.3, -0.25) is 9.36 Å². The molecule has 90 valence electrons. The number of methoxy groups -OCH3 is 1. The number of aromatic amines is 1. The fourth-order valence-corrected chi connectivity index (χ4v) is 2.05. The Hall–Kier alpha value is -1.24. The Labute approximate surface area is 97.4 Å². The molecule has 0 aliphatic carbocycles. The topological polar surface area (TPSA) is 77.0 Å². The van der Waals surface area contributed by atoms with Crippen molar-refractivity contribution in [3.63, 3.8) is 0 Å². The van der Waals surface area contributed by atoms with Gasteiger partial charge in [-0.2, -0.15) is 0 Å². The van der Waals surface area contributed by atoms with Crippen molar-refractivity contribution < 1.29 is 9.53 Å². The number of aromatic nitrogens is 3. The summed E-state index contributed by atoms with van der Waals surface area (Å²) in [5.74, 6) is 0.299. The molecule has 0 unspecified atom stereocenters. The molecular formula is C9H15N3O3S. The van der Waals surface area contributed by atoms with E-state index in [0.717, 1.165) is 6.42 Å². The summed E-state index contributed by atoms with van der Waals surface area (Å²) in [6, 6.07) is 0. The molecular weight excluding hydrogens is 230 g/mol. The maximum absolute atomic E-state index is 11.3. The number of hydrogen-bond donors (Lipinski definition) is 1. The lowest BCUT2D eigenvalue weighted by molar-refractivity contribution is -0.140.